The maximum Gasteiger partial charge on any atom is 0.384 e. The number of esters is 1. The molecule has 4 heteroatoms. The molecule has 0 spiro atoms. The predicted octanol–water partition coefficient (Wildman–Crippen LogP) is 2.07. The average molecular weight is 269 g/mol. The van der Waals surface area contributed by atoms with Crippen molar-refractivity contribution in [3.05, 3.63) is 28.2 Å². The third kappa shape index (κ3) is 3.64. The van der Waals surface area contributed by atoms with Gasteiger partial charge in [0, 0.05) is 11.5 Å². The summed E-state index contributed by atoms with van der Waals surface area (Å²) in [6.45, 7) is 2.03. The molecule has 0 radical (unpaired) electrons. The lowest BCUT2D eigenvalue weighted by Gasteiger charge is -1.96. The molecule has 0 atom stereocenters. The molecule has 78 valence electrons. The summed E-state index contributed by atoms with van der Waals surface area (Å²) in [6.07, 6.45) is 0. The lowest BCUT2D eigenvalue weighted by atomic mass is 10.2. The largest absolute Gasteiger partial charge is 0.507 e. The van der Waals surface area contributed by atoms with Gasteiger partial charge in [-0.05, 0) is 41.1 Å². The first-order valence-corrected chi connectivity index (χ1v) is 5.10. The van der Waals surface area contributed by atoms with E-state index in [1.807, 2.05) is 0 Å². The number of ether oxygens (including phenoxy) is 1. The molecule has 0 heterocycles. The highest BCUT2D eigenvalue weighted by Gasteiger charge is 1.97. The van der Waals surface area contributed by atoms with E-state index < -0.39 is 5.97 Å². The number of hydrogen-bond donors (Lipinski definition) is 1. The van der Waals surface area contributed by atoms with E-state index in [2.05, 4.69) is 32.5 Å². The van der Waals surface area contributed by atoms with Crippen molar-refractivity contribution in [1.29, 1.82) is 0 Å². The van der Waals surface area contributed by atoms with Crippen LogP contribution < -0.4 is 0 Å². The Morgan fingerprint density at radius 2 is 2.33 bits per heavy atom. The van der Waals surface area contributed by atoms with Gasteiger partial charge in [0.2, 0.25) is 0 Å². The number of phenolic OH excluding ortho intramolecular Hbond substituents is 1. The smallest absolute Gasteiger partial charge is 0.384 e. The lowest BCUT2D eigenvalue weighted by Crippen LogP contribution is -1.99. The fourth-order valence-corrected chi connectivity index (χ4v) is 1.25. The minimum atomic E-state index is -0.554. The van der Waals surface area contributed by atoms with Crippen molar-refractivity contribution in [3.8, 4) is 17.6 Å². The molecule has 0 unspecified atom stereocenters. The van der Waals surface area contributed by atoms with Crippen LogP contribution in [0.3, 0.4) is 0 Å². The quantitative estimate of drug-likeness (QED) is 0.627. The fraction of sp³-hybridized carbons (Fsp3) is 0.182. The monoisotopic (exact) mass is 268 g/mol. The molecular formula is C11H9BrO3. The predicted molar refractivity (Wildman–Crippen MR) is 59.3 cm³/mol. The van der Waals surface area contributed by atoms with Crippen LogP contribution in [0.1, 0.15) is 12.5 Å². The van der Waals surface area contributed by atoms with Crippen LogP contribution in [0.15, 0.2) is 22.7 Å². The van der Waals surface area contributed by atoms with E-state index in [9.17, 15) is 9.90 Å². The van der Waals surface area contributed by atoms with Gasteiger partial charge in [-0.3, -0.25) is 0 Å². The molecule has 0 aliphatic heterocycles. The molecular weight excluding hydrogens is 260 g/mol. The van der Waals surface area contributed by atoms with E-state index in [0.717, 1.165) is 0 Å². The van der Waals surface area contributed by atoms with Crippen molar-refractivity contribution in [2.24, 2.45) is 0 Å². The number of aromatic hydroxyl groups is 1. The van der Waals surface area contributed by atoms with Gasteiger partial charge in [-0.2, -0.15) is 0 Å². The molecule has 0 aliphatic carbocycles. The van der Waals surface area contributed by atoms with Crippen molar-refractivity contribution in [1.82, 2.24) is 0 Å². The standard InChI is InChI=1S/C11H9BrO3/c1-2-15-11(14)6-4-8-3-5-10(13)9(12)7-8/h3,5,7,13H,2H2,1H3. The summed E-state index contributed by atoms with van der Waals surface area (Å²) in [7, 11) is 0. The number of halogens is 1. The average Bonchev–Trinajstić information content (AvgIpc) is 2.20. The zero-order valence-electron chi connectivity index (χ0n) is 8.08. The molecule has 1 aromatic carbocycles. The molecule has 1 aromatic rings. The number of benzene rings is 1. The van der Waals surface area contributed by atoms with Gasteiger partial charge in [0.15, 0.2) is 0 Å². The Balaban J connectivity index is 2.80. The van der Waals surface area contributed by atoms with E-state index in [0.29, 0.717) is 16.6 Å². The second-order valence-corrected chi connectivity index (χ2v) is 3.49. The second kappa shape index (κ2) is 5.42. The Morgan fingerprint density at radius 1 is 1.60 bits per heavy atom. The molecule has 0 aliphatic rings. The minimum Gasteiger partial charge on any atom is -0.507 e. The van der Waals surface area contributed by atoms with Crippen molar-refractivity contribution >= 4 is 21.9 Å². The summed E-state index contributed by atoms with van der Waals surface area (Å²) >= 11 is 3.15. The van der Waals surface area contributed by atoms with E-state index in [1.165, 1.54) is 6.07 Å². The van der Waals surface area contributed by atoms with Crippen LogP contribution in [0.25, 0.3) is 0 Å². The van der Waals surface area contributed by atoms with Crippen molar-refractivity contribution in [3.63, 3.8) is 0 Å². The normalized spacial score (nSPS) is 8.93. The van der Waals surface area contributed by atoms with Gasteiger partial charge >= 0.3 is 5.97 Å². The zero-order chi connectivity index (χ0) is 11.3. The number of hydrogen-bond acceptors (Lipinski definition) is 3. The molecule has 1 rings (SSSR count). The Labute approximate surface area is 96.2 Å². The first kappa shape index (κ1) is 11.6. The highest BCUT2D eigenvalue weighted by molar-refractivity contribution is 9.10. The highest BCUT2D eigenvalue weighted by Crippen LogP contribution is 2.23. The van der Waals surface area contributed by atoms with Crippen molar-refractivity contribution in [2.75, 3.05) is 6.61 Å². The second-order valence-electron chi connectivity index (χ2n) is 2.64. The maximum atomic E-state index is 10.9. The molecule has 3 nitrogen and oxygen atoms in total. The molecule has 0 bridgehead atoms. The highest BCUT2D eigenvalue weighted by atomic mass is 79.9. The first-order chi connectivity index (χ1) is 7.13. The van der Waals surface area contributed by atoms with Crippen LogP contribution in [-0.4, -0.2) is 17.7 Å². The summed E-state index contributed by atoms with van der Waals surface area (Å²) in [5.74, 6) is 4.55. The van der Waals surface area contributed by atoms with Gasteiger partial charge in [-0.1, -0.05) is 5.92 Å². The minimum absolute atomic E-state index is 0.136. The molecule has 0 saturated carbocycles. The molecule has 0 fully saturated rings. The van der Waals surface area contributed by atoms with Crippen LogP contribution in [-0.2, 0) is 9.53 Å². The van der Waals surface area contributed by atoms with Gasteiger partial charge in [-0.25, -0.2) is 4.79 Å². The van der Waals surface area contributed by atoms with E-state index >= 15 is 0 Å². The summed E-state index contributed by atoms with van der Waals surface area (Å²) in [5.41, 5.74) is 0.632. The van der Waals surface area contributed by atoms with E-state index in [4.69, 9.17) is 0 Å². The zero-order valence-corrected chi connectivity index (χ0v) is 9.67. The van der Waals surface area contributed by atoms with Crippen LogP contribution in [0.2, 0.25) is 0 Å². The van der Waals surface area contributed by atoms with Gasteiger partial charge in [0.05, 0.1) is 11.1 Å². The fourth-order valence-electron chi connectivity index (χ4n) is 0.875. The summed E-state index contributed by atoms with van der Waals surface area (Å²) < 4.78 is 5.18. The van der Waals surface area contributed by atoms with E-state index in [-0.39, 0.29) is 5.75 Å². The molecule has 0 amide bonds. The third-order valence-corrected chi connectivity index (χ3v) is 2.17. The third-order valence-electron chi connectivity index (χ3n) is 1.53. The number of carbonyl (C=O) groups excluding carboxylic acids is 1. The summed E-state index contributed by atoms with van der Waals surface area (Å²) in [6, 6.07) is 4.74. The number of rotatable bonds is 1. The summed E-state index contributed by atoms with van der Waals surface area (Å²) in [5, 5.41) is 9.22. The van der Waals surface area contributed by atoms with Gasteiger partial charge < -0.3 is 9.84 Å². The Bertz CT molecular complexity index is 429. The van der Waals surface area contributed by atoms with Crippen LogP contribution >= 0.6 is 15.9 Å². The Kier molecular flexibility index (Phi) is 4.19. The molecule has 1 N–H and O–H groups in total. The SMILES string of the molecule is CCOC(=O)C#Cc1ccc(O)c(Br)c1. The number of carbonyl (C=O) groups is 1. The van der Waals surface area contributed by atoms with Gasteiger partial charge in [-0.15, -0.1) is 0 Å². The Morgan fingerprint density at radius 3 is 2.93 bits per heavy atom. The van der Waals surface area contributed by atoms with Crippen LogP contribution in [0.4, 0.5) is 0 Å². The van der Waals surface area contributed by atoms with Gasteiger partial charge in [0.1, 0.15) is 5.75 Å². The van der Waals surface area contributed by atoms with Crippen molar-refractivity contribution in [2.45, 2.75) is 6.92 Å². The summed E-state index contributed by atoms with van der Waals surface area (Å²) in [4.78, 5) is 10.9. The molecule has 0 aromatic heterocycles. The Hall–Kier alpha value is -1.47. The maximum absolute atomic E-state index is 10.9. The van der Waals surface area contributed by atoms with Gasteiger partial charge in [0.25, 0.3) is 0 Å². The van der Waals surface area contributed by atoms with Crippen LogP contribution in [0.5, 0.6) is 5.75 Å². The topological polar surface area (TPSA) is 46.5 Å². The number of phenols is 1. The molecule has 15 heavy (non-hydrogen) atoms. The van der Waals surface area contributed by atoms with Crippen LogP contribution in [0, 0.1) is 11.8 Å². The van der Waals surface area contributed by atoms with Crippen molar-refractivity contribution < 1.29 is 14.6 Å². The molecule has 0 saturated heterocycles. The van der Waals surface area contributed by atoms with E-state index in [1.54, 1.807) is 19.1 Å². The lowest BCUT2D eigenvalue weighted by molar-refractivity contribution is -0.136. The first-order valence-electron chi connectivity index (χ1n) is 4.30.